The number of hydrogen-bond acceptors (Lipinski definition) is 2. The third-order valence-electron chi connectivity index (χ3n) is 8.76. The Bertz CT molecular complexity index is 832. The minimum Gasteiger partial charge on any atom is -0.398 e. The molecule has 0 bridgehead atoms. The van der Waals surface area contributed by atoms with E-state index in [9.17, 15) is 0 Å². The van der Waals surface area contributed by atoms with E-state index in [0.717, 1.165) is 28.9 Å². The van der Waals surface area contributed by atoms with E-state index in [-0.39, 0.29) is 6.04 Å². The van der Waals surface area contributed by atoms with Gasteiger partial charge >= 0.3 is 0 Å². The minimum absolute atomic E-state index is 0.205. The number of hydrogen-bond donors (Lipinski definition) is 2. The van der Waals surface area contributed by atoms with Crippen molar-refractivity contribution < 1.29 is 0 Å². The fourth-order valence-corrected chi connectivity index (χ4v) is 6.56. The van der Waals surface area contributed by atoms with Crippen LogP contribution in [-0.4, -0.2) is 6.04 Å². The molecule has 2 fully saturated rings. The van der Waals surface area contributed by atoms with E-state index in [1.807, 2.05) is 6.08 Å². The Balaban J connectivity index is 1.31. The zero-order valence-electron chi connectivity index (χ0n) is 20.2. The molecule has 4 N–H and O–H groups in total. The van der Waals surface area contributed by atoms with Crippen LogP contribution in [0.15, 0.2) is 54.3 Å². The molecule has 0 aromatic heterocycles. The van der Waals surface area contributed by atoms with Gasteiger partial charge in [0.15, 0.2) is 0 Å². The van der Waals surface area contributed by atoms with E-state index < -0.39 is 0 Å². The summed E-state index contributed by atoms with van der Waals surface area (Å²) in [6.07, 6.45) is 21.2. The van der Waals surface area contributed by atoms with Crippen LogP contribution in [0.25, 0.3) is 5.57 Å². The van der Waals surface area contributed by atoms with Crippen LogP contribution in [0.5, 0.6) is 0 Å². The van der Waals surface area contributed by atoms with Crippen molar-refractivity contribution in [1.29, 1.82) is 0 Å². The Morgan fingerprint density at radius 2 is 1.59 bits per heavy atom. The van der Waals surface area contributed by atoms with Crippen molar-refractivity contribution in [2.75, 3.05) is 0 Å². The summed E-state index contributed by atoms with van der Waals surface area (Å²) in [6.45, 7) is 6.40. The summed E-state index contributed by atoms with van der Waals surface area (Å²) in [6, 6.07) is 8.88. The van der Waals surface area contributed by atoms with Gasteiger partial charge in [-0.15, -0.1) is 0 Å². The summed E-state index contributed by atoms with van der Waals surface area (Å²) in [4.78, 5) is 0. The Morgan fingerprint density at radius 1 is 0.906 bits per heavy atom. The highest BCUT2D eigenvalue weighted by Gasteiger charge is 2.31. The molecule has 0 heterocycles. The van der Waals surface area contributed by atoms with E-state index in [1.54, 1.807) is 0 Å². The molecule has 2 heteroatoms. The lowest BCUT2D eigenvalue weighted by atomic mass is 9.68. The zero-order chi connectivity index (χ0) is 22.5. The molecule has 0 amide bonds. The summed E-state index contributed by atoms with van der Waals surface area (Å²) in [5, 5.41) is 0. The van der Waals surface area contributed by atoms with Gasteiger partial charge in [-0.25, -0.2) is 0 Å². The molecule has 1 atom stereocenters. The molecule has 3 aliphatic carbocycles. The SMILES string of the molecule is C=C1C(N)=CC=C(c2cccc(C3CCC(C4CCC(CCCCC)CC4)CC3)c2)C1N. The summed E-state index contributed by atoms with van der Waals surface area (Å²) in [5.41, 5.74) is 17.8. The largest absolute Gasteiger partial charge is 0.398 e. The summed E-state index contributed by atoms with van der Waals surface area (Å²) in [5.74, 6) is 3.69. The van der Waals surface area contributed by atoms with Gasteiger partial charge in [-0.1, -0.05) is 82.4 Å². The smallest absolute Gasteiger partial charge is 0.0572 e. The maximum atomic E-state index is 6.43. The van der Waals surface area contributed by atoms with Crippen LogP contribution in [-0.2, 0) is 0 Å². The molecule has 2 saturated carbocycles. The van der Waals surface area contributed by atoms with Crippen molar-refractivity contribution >= 4 is 5.57 Å². The van der Waals surface area contributed by atoms with Gasteiger partial charge < -0.3 is 11.5 Å². The van der Waals surface area contributed by atoms with Crippen LogP contribution in [0.2, 0.25) is 0 Å². The molecule has 32 heavy (non-hydrogen) atoms. The Kier molecular flexibility index (Phi) is 7.94. The van der Waals surface area contributed by atoms with Gasteiger partial charge in [0.05, 0.1) is 6.04 Å². The van der Waals surface area contributed by atoms with Gasteiger partial charge in [-0.2, -0.15) is 0 Å². The minimum atomic E-state index is -0.205. The first-order valence-corrected chi connectivity index (χ1v) is 13.3. The van der Waals surface area contributed by atoms with E-state index in [1.165, 1.54) is 88.2 Å². The van der Waals surface area contributed by atoms with Crippen molar-refractivity contribution in [3.63, 3.8) is 0 Å². The van der Waals surface area contributed by atoms with Crippen LogP contribution in [0.3, 0.4) is 0 Å². The second-order valence-corrected chi connectivity index (χ2v) is 10.8. The fourth-order valence-electron chi connectivity index (χ4n) is 6.56. The Labute approximate surface area is 196 Å². The van der Waals surface area contributed by atoms with Crippen molar-refractivity contribution in [3.05, 3.63) is 65.4 Å². The lowest BCUT2D eigenvalue weighted by Gasteiger charge is -2.38. The molecule has 0 radical (unpaired) electrons. The molecule has 3 aliphatic rings. The van der Waals surface area contributed by atoms with Gasteiger partial charge in [-0.3, -0.25) is 0 Å². The van der Waals surface area contributed by atoms with E-state index in [2.05, 4.69) is 43.8 Å². The average molecular weight is 433 g/mol. The van der Waals surface area contributed by atoms with Crippen LogP contribution < -0.4 is 11.5 Å². The van der Waals surface area contributed by atoms with E-state index in [0.29, 0.717) is 11.6 Å². The van der Waals surface area contributed by atoms with Crippen LogP contribution in [0.1, 0.15) is 101 Å². The first-order valence-electron chi connectivity index (χ1n) is 13.3. The van der Waals surface area contributed by atoms with Crippen LogP contribution in [0, 0.1) is 17.8 Å². The zero-order valence-corrected chi connectivity index (χ0v) is 20.2. The second kappa shape index (κ2) is 10.9. The number of rotatable bonds is 7. The highest BCUT2D eigenvalue weighted by Crippen LogP contribution is 2.45. The van der Waals surface area contributed by atoms with E-state index >= 15 is 0 Å². The molecule has 0 aliphatic heterocycles. The van der Waals surface area contributed by atoms with Gasteiger partial charge in [-0.05, 0) is 90.5 Å². The third kappa shape index (κ3) is 5.39. The normalized spacial score (nSPS) is 31.2. The molecule has 2 nitrogen and oxygen atoms in total. The molecule has 1 aromatic rings. The van der Waals surface area contributed by atoms with Gasteiger partial charge in [0.2, 0.25) is 0 Å². The van der Waals surface area contributed by atoms with Gasteiger partial charge in [0.25, 0.3) is 0 Å². The van der Waals surface area contributed by atoms with Crippen molar-refractivity contribution in [2.24, 2.45) is 29.2 Å². The summed E-state index contributed by atoms with van der Waals surface area (Å²) >= 11 is 0. The monoisotopic (exact) mass is 432 g/mol. The van der Waals surface area contributed by atoms with Crippen molar-refractivity contribution in [3.8, 4) is 0 Å². The predicted octanol–water partition coefficient (Wildman–Crippen LogP) is 7.47. The molecular weight excluding hydrogens is 388 g/mol. The molecule has 174 valence electrons. The predicted molar refractivity (Wildman–Crippen MR) is 138 cm³/mol. The van der Waals surface area contributed by atoms with Crippen LogP contribution in [0.4, 0.5) is 0 Å². The molecule has 4 rings (SSSR count). The number of allylic oxidation sites excluding steroid dienone is 2. The lowest BCUT2D eigenvalue weighted by molar-refractivity contribution is 0.155. The quantitative estimate of drug-likeness (QED) is 0.439. The molecule has 0 spiro atoms. The number of unbranched alkanes of at least 4 members (excludes halogenated alkanes) is 2. The maximum absolute atomic E-state index is 6.43. The van der Waals surface area contributed by atoms with Gasteiger partial charge in [0.1, 0.15) is 0 Å². The summed E-state index contributed by atoms with van der Waals surface area (Å²) < 4.78 is 0. The van der Waals surface area contributed by atoms with Crippen LogP contribution >= 0.6 is 0 Å². The average Bonchev–Trinajstić information content (AvgIpc) is 2.83. The summed E-state index contributed by atoms with van der Waals surface area (Å²) in [7, 11) is 0. The second-order valence-electron chi connectivity index (χ2n) is 10.8. The molecular formula is C30H44N2. The van der Waals surface area contributed by atoms with Crippen molar-refractivity contribution in [2.45, 2.75) is 95.9 Å². The molecule has 1 aromatic carbocycles. The standard InChI is InChI=1S/C30H44N2/c1-3-4-5-7-22-10-12-23(13-11-22)24-14-16-25(17-15-24)26-8-6-9-27(20-26)28-18-19-29(31)21(2)30(28)32/h6,8-9,18-20,22-25,30H,2-5,7,10-17,31-32H2,1H3. The first kappa shape index (κ1) is 23.4. The number of benzene rings is 1. The topological polar surface area (TPSA) is 52.0 Å². The third-order valence-corrected chi connectivity index (χ3v) is 8.76. The highest BCUT2D eigenvalue weighted by atomic mass is 14.7. The fraction of sp³-hybridized carbons (Fsp3) is 0.600. The molecule has 0 saturated heterocycles. The van der Waals surface area contributed by atoms with E-state index in [4.69, 9.17) is 11.5 Å². The Hall–Kier alpha value is -1.80. The maximum Gasteiger partial charge on any atom is 0.0572 e. The van der Waals surface area contributed by atoms with Crippen molar-refractivity contribution in [1.82, 2.24) is 0 Å². The van der Waals surface area contributed by atoms with Gasteiger partial charge in [0, 0.05) is 5.70 Å². The molecule has 1 unspecified atom stereocenters. The Morgan fingerprint density at radius 3 is 2.28 bits per heavy atom. The highest BCUT2D eigenvalue weighted by molar-refractivity contribution is 5.77. The first-order chi connectivity index (χ1) is 15.6. The lowest BCUT2D eigenvalue weighted by Crippen LogP contribution is -2.29. The number of nitrogens with two attached hydrogens (primary N) is 2.